The van der Waals surface area contributed by atoms with Crippen molar-refractivity contribution < 1.29 is 18.7 Å². The summed E-state index contributed by atoms with van der Waals surface area (Å²) in [4.78, 5) is 11.5. The number of benzene rings is 2. The number of ether oxygens (including phenoxy) is 2. The summed E-state index contributed by atoms with van der Waals surface area (Å²) in [6, 6.07) is 13.1. The maximum Gasteiger partial charge on any atom is 0.222 e. The summed E-state index contributed by atoms with van der Waals surface area (Å²) >= 11 is 5.68. The molecule has 0 radical (unpaired) electrons. The van der Waals surface area contributed by atoms with E-state index < -0.39 is 0 Å². The standard InChI is InChI=1S/C26H30ClFO3/c1-30-21-11-12-25(28)24(14-21)19-7-5-17(6-8-19)16-31-22-4-2-3-20(13-22)23(15-26(27)29)18-9-10-18/h2-4,11-14,17-19,23H,5-10,15-16H2,1H3. The Bertz CT molecular complexity index is 903. The Morgan fingerprint density at radius 3 is 2.52 bits per heavy atom. The van der Waals surface area contributed by atoms with Crippen molar-refractivity contribution in [1.29, 1.82) is 0 Å². The molecule has 166 valence electrons. The van der Waals surface area contributed by atoms with Gasteiger partial charge in [-0.15, -0.1) is 0 Å². The SMILES string of the molecule is COc1ccc(F)c(C2CCC(COc3cccc(C(CC(=O)Cl)C4CC4)c3)CC2)c1. The lowest BCUT2D eigenvalue weighted by atomic mass is 9.79. The van der Waals surface area contributed by atoms with Crippen LogP contribution < -0.4 is 9.47 Å². The van der Waals surface area contributed by atoms with E-state index in [0.29, 0.717) is 30.6 Å². The molecule has 2 aliphatic carbocycles. The minimum absolute atomic E-state index is 0.141. The van der Waals surface area contributed by atoms with E-state index in [4.69, 9.17) is 21.1 Å². The highest BCUT2D eigenvalue weighted by atomic mass is 35.5. The molecular formula is C26H30ClFO3. The van der Waals surface area contributed by atoms with Gasteiger partial charge in [-0.2, -0.15) is 0 Å². The Morgan fingerprint density at radius 2 is 1.84 bits per heavy atom. The maximum atomic E-state index is 14.3. The smallest absolute Gasteiger partial charge is 0.222 e. The number of halogens is 2. The molecule has 1 atom stereocenters. The van der Waals surface area contributed by atoms with E-state index >= 15 is 0 Å². The number of hydrogen-bond acceptors (Lipinski definition) is 3. The lowest BCUT2D eigenvalue weighted by molar-refractivity contribution is -0.112. The Kier molecular flexibility index (Phi) is 7.16. The van der Waals surface area contributed by atoms with Crippen LogP contribution in [0.15, 0.2) is 42.5 Å². The van der Waals surface area contributed by atoms with Crippen molar-refractivity contribution in [1.82, 2.24) is 0 Å². The van der Waals surface area contributed by atoms with Gasteiger partial charge in [0.2, 0.25) is 5.24 Å². The van der Waals surface area contributed by atoms with Crippen LogP contribution >= 0.6 is 11.6 Å². The summed E-state index contributed by atoms with van der Waals surface area (Å²) in [5.74, 6) is 2.89. The molecule has 2 fully saturated rings. The molecule has 0 heterocycles. The van der Waals surface area contributed by atoms with Gasteiger partial charge in [0.15, 0.2) is 0 Å². The molecule has 0 spiro atoms. The fourth-order valence-electron chi connectivity index (χ4n) is 4.88. The molecule has 2 aliphatic rings. The van der Waals surface area contributed by atoms with Gasteiger partial charge in [0, 0.05) is 6.42 Å². The highest BCUT2D eigenvalue weighted by molar-refractivity contribution is 6.63. The molecule has 2 aromatic carbocycles. The minimum atomic E-state index is -0.271. The molecule has 0 amide bonds. The highest BCUT2D eigenvalue weighted by Gasteiger charge is 2.33. The first-order valence-corrected chi connectivity index (χ1v) is 11.7. The molecule has 31 heavy (non-hydrogen) atoms. The average molecular weight is 445 g/mol. The van der Waals surface area contributed by atoms with Crippen LogP contribution in [0.4, 0.5) is 4.39 Å². The van der Waals surface area contributed by atoms with Crippen LogP contribution in [0, 0.1) is 17.7 Å². The van der Waals surface area contributed by atoms with Crippen LogP contribution in [0.2, 0.25) is 0 Å². The third-order valence-electron chi connectivity index (χ3n) is 6.83. The van der Waals surface area contributed by atoms with Crippen LogP contribution in [0.3, 0.4) is 0 Å². The topological polar surface area (TPSA) is 35.5 Å². The lowest BCUT2D eigenvalue weighted by Gasteiger charge is -2.29. The van der Waals surface area contributed by atoms with Crippen molar-refractivity contribution in [2.24, 2.45) is 11.8 Å². The van der Waals surface area contributed by atoms with Gasteiger partial charge in [0.05, 0.1) is 13.7 Å². The maximum absolute atomic E-state index is 14.3. The Labute approximate surface area is 188 Å². The minimum Gasteiger partial charge on any atom is -0.497 e. The van der Waals surface area contributed by atoms with Gasteiger partial charge >= 0.3 is 0 Å². The van der Waals surface area contributed by atoms with Crippen LogP contribution in [0.25, 0.3) is 0 Å². The van der Waals surface area contributed by atoms with Gasteiger partial charge in [0.1, 0.15) is 17.3 Å². The molecule has 0 bridgehead atoms. The number of hydrogen-bond donors (Lipinski definition) is 0. The molecule has 0 aromatic heterocycles. The molecule has 0 N–H and O–H groups in total. The fourth-order valence-corrected chi connectivity index (χ4v) is 5.05. The summed E-state index contributed by atoms with van der Waals surface area (Å²) in [6.07, 6.45) is 6.67. The van der Waals surface area contributed by atoms with E-state index in [2.05, 4.69) is 12.1 Å². The number of methoxy groups -OCH3 is 1. The van der Waals surface area contributed by atoms with E-state index in [9.17, 15) is 9.18 Å². The van der Waals surface area contributed by atoms with Crippen molar-refractivity contribution in [3.05, 3.63) is 59.4 Å². The van der Waals surface area contributed by atoms with E-state index in [1.54, 1.807) is 13.2 Å². The van der Waals surface area contributed by atoms with E-state index in [1.807, 2.05) is 18.2 Å². The summed E-state index contributed by atoms with van der Waals surface area (Å²) in [5.41, 5.74) is 1.91. The number of carbonyl (C=O) groups excluding carboxylic acids is 1. The normalized spacial score (nSPS) is 22.0. The van der Waals surface area contributed by atoms with Crippen molar-refractivity contribution in [2.75, 3.05) is 13.7 Å². The molecule has 4 rings (SSSR count). The summed E-state index contributed by atoms with van der Waals surface area (Å²) in [6.45, 7) is 0.666. The van der Waals surface area contributed by atoms with Gasteiger partial charge in [0.25, 0.3) is 0 Å². The van der Waals surface area contributed by atoms with Crippen molar-refractivity contribution in [3.8, 4) is 11.5 Å². The number of carbonyl (C=O) groups is 1. The van der Waals surface area contributed by atoms with Gasteiger partial charge < -0.3 is 9.47 Å². The van der Waals surface area contributed by atoms with Crippen molar-refractivity contribution in [2.45, 2.75) is 56.8 Å². The molecule has 0 aliphatic heterocycles. The van der Waals surface area contributed by atoms with Crippen LogP contribution in [0.1, 0.15) is 67.9 Å². The predicted molar refractivity (Wildman–Crippen MR) is 121 cm³/mol. The van der Waals surface area contributed by atoms with E-state index in [0.717, 1.165) is 55.4 Å². The third kappa shape index (κ3) is 5.79. The van der Waals surface area contributed by atoms with E-state index in [-0.39, 0.29) is 22.9 Å². The summed E-state index contributed by atoms with van der Waals surface area (Å²) in [5, 5.41) is -0.271. The highest BCUT2D eigenvalue weighted by Crippen LogP contribution is 2.45. The monoisotopic (exact) mass is 444 g/mol. The summed E-state index contributed by atoms with van der Waals surface area (Å²) < 4.78 is 25.7. The Hall–Kier alpha value is -2.07. The quantitative estimate of drug-likeness (QED) is 0.397. The second-order valence-electron chi connectivity index (χ2n) is 8.99. The average Bonchev–Trinajstić information content (AvgIpc) is 3.62. The molecule has 0 saturated heterocycles. The molecule has 5 heteroatoms. The zero-order chi connectivity index (χ0) is 21.8. The number of rotatable bonds is 9. The third-order valence-corrected chi connectivity index (χ3v) is 6.99. The van der Waals surface area contributed by atoms with Gasteiger partial charge in [-0.1, -0.05) is 12.1 Å². The molecule has 3 nitrogen and oxygen atoms in total. The first-order valence-electron chi connectivity index (χ1n) is 11.3. The lowest BCUT2D eigenvalue weighted by Crippen LogP contribution is -2.20. The van der Waals surface area contributed by atoms with Crippen molar-refractivity contribution >= 4 is 16.8 Å². The molecule has 2 saturated carbocycles. The predicted octanol–water partition coefficient (Wildman–Crippen LogP) is 6.84. The first-order chi connectivity index (χ1) is 15.0. The summed E-state index contributed by atoms with van der Waals surface area (Å²) in [7, 11) is 1.61. The van der Waals surface area contributed by atoms with Gasteiger partial charge in [-0.3, -0.25) is 4.79 Å². The van der Waals surface area contributed by atoms with Crippen LogP contribution in [-0.2, 0) is 4.79 Å². The Balaban J connectivity index is 1.31. The molecule has 1 unspecified atom stereocenters. The van der Waals surface area contributed by atoms with Crippen LogP contribution in [0.5, 0.6) is 11.5 Å². The zero-order valence-corrected chi connectivity index (χ0v) is 18.7. The second kappa shape index (κ2) is 10.0. The van der Waals surface area contributed by atoms with Crippen molar-refractivity contribution in [3.63, 3.8) is 0 Å². The second-order valence-corrected chi connectivity index (χ2v) is 9.41. The first kappa shape index (κ1) is 22.1. The van der Waals surface area contributed by atoms with Gasteiger partial charge in [-0.25, -0.2) is 4.39 Å². The van der Waals surface area contributed by atoms with Gasteiger partial charge in [-0.05, 0) is 115 Å². The molecular weight excluding hydrogens is 415 g/mol. The fraction of sp³-hybridized carbons (Fsp3) is 0.500. The molecule has 2 aromatic rings. The Morgan fingerprint density at radius 1 is 1.06 bits per heavy atom. The largest absolute Gasteiger partial charge is 0.497 e. The zero-order valence-electron chi connectivity index (χ0n) is 18.0. The van der Waals surface area contributed by atoms with E-state index in [1.165, 1.54) is 6.07 Å². The van der Waals surface area contributed by atoms with Crippen LogP contribution in [-0.4, -0.2) is 19.0 Å².